The number of benzene rings is 14. The van der Waals surface area contributed by atoms with Crippen molar-refractivity contribution in [2.45, 2.75) is 0 Å². The molecule has 0 bridgehead atoms. The predicted octanol–water partition coefficient (Wildman–Crippen LogP) is 22.5. The molecule has 0 N–H and O–H groups in total. The lowest BCUT2D eigenvalue weighted by Gasteiger charge is -2.32. The Morgan fingerprint density at radius 1 is 0.217 bits per heavy atom. The molecule has 0 unspecified atom stereocenters. The van der Waals surface area contributed by atoms with Crippen molar-refractivity contribution < 1.29 is 0 Å². The second kappa shape index (κ2) is 19.2. The molecule has 6 heterocycles. The summed E-state index contributed by atoms with van der Waals surface area (Å²) < 4.78 is 15.5. The Hall–Kier alpha value is -12.6. The highest BCUT2D eigenvalue weighted by molar-refractivity contribution is 6.27. The van der Waals surface area contributed by atoms with Gasteiger partial charge < -0.3 is 27.4 Å². The van der Waals surface area contributed by atoms with Gasteiger partial charge in [0.25, 0.3) is 0 Å². The van der Waals surface area contributed by atoms with Gasteiger partial charge >= 0.3 is 0 Å². The zero-order valence-electron chi connectivity index (χ0n) is 49.6. The normalized spacial score (nSPS) is 12.1. The molecule has 20 aromatic rings. The fourth-order valence-corrected chi connectivity index (χ4v) is 16.0. The summed E-state index contributed by atoms with van der Waals surface area (Å²) in [5.41, 5.74) is 21.1. The summed E-state index contributed by atoms with van der Waals surface area (Å²) >= 11 is 0. The molecule has 0 atom stereocenters. The van der Waals surface area contributed by atoms with Crippen LogP contribution in [0.25, 0.3) is 181 Å². The zero-order valence-corrected chi connectivity index (χ0v) is 49.6. The third kappa shape index (κ3) is 6.76. The number of fused-ring (bicyclic) bond motifs is 19. The Labute approximate surface area is 526 Å². The summed E-state index contributed by atoms with van der Waals surface area (Å²) in [6, 6.07) is 114. The molecule has 0 aliphatic rings. The minimum absolute atomic E-state index is 0.546. The Kier molecular flexibility index (Phi) is 10.5. The summed E-state index contributed by atoms with van der Waals surface area (Å²) in [5.74, 6) is 0. The maximum absolute atomic E-state index is 8.86. The minimum atomic E-state index is 0.546. The molecule has 0 spiro atoms. The standard InChI is InChI=1S/C85H51N7/c1-86-54-27-25-26-53(52-54)78-81(88-67-40-15-5-30-56(67)57-31-6-16-41-68(57)88)83(90-71-44-19-9-34-60(71)61-35-10-20-45-72(61)90)85(92-75-48-23-13-38-64(75)65-50-51-77-79(80(65)92)66-39-14-24-49-76(66)87(77)55-28-3-2-4-29-55)84(91-73-46-21-11-36-62(73)63-37-12-22-47-74(63)91)82(78)89-69-42-17-7-32-58(69)59-33-8-18-43-70(59)89/h2-52H. The van der Waals surface area contributed by atoms with E-state index in [1.54, 1.807) is 0 Å². The van der Waals surface area contributed by atoms with Crippen LogP contribution in [-0.2, 0) is 0 Å². The van der Waals surface area contributed by atoms with Gasteiger partial charge in [-0.2, -0.15) is 0 Å². The van der Waals surface area contributed by atoms with Crippen LogP contribution in [0.4, 0.5) is 5.69 Å². The van der Waals surface area contributed by atoms with Crippen LogP contribution in [0.1, 0.15) is 0 Å². The Balaban J connectivity index is 1.19. The van der Waals surface area contributed by atoms with Crippen LogP contribution in [0.2, 0.25) is 0 Å². The van der Waals surface area contributed by atoms with E-state index in [4.69, 9.17) is 6.57 Å². The summed E-state index contributed by atoms with van der Waals surface area (Å²) in [5, 5.41) is 13.7. The molecule has 0 amide bonds. The molecule has 0 saturated heterocycles. The van der Waals surface area contributed by atoms with Gasteiger partial charge in [-0.3, -0.25) is 0 Å². The molecule has 0 aliphatic heterocycles. The molecule has 14 aromatic carbocycles. The van der Waals surface area contributed by atoms with Gasteiger partial charge in [-0.25, -0.2) is 4.85 Å². The fraction of sp³-hybridized carbons (Fsp3) is 0. The number of nitrogens with zero attached hydrogens (tertiary/aromatic N) is 7. The molecule has 7 heteroatoms. The van der Waals surface area contributed by atoms with Gasteiger partial charge in [0.05, 0.1) is 101 Å². The minimum Gasteiger partial charge on any atom is -0.309 e. The zero-order chi connectivity index (χ0) is 60.3. The van der Waals surface area contributed by atoms with Gasteiger partial charge in [-0.05, 0) is 90.5 Å². The van der Waals surface area contributed by atoms with Gasteiger partial charge in [0.2, 0.25) is 0 Å². The van der Waals surface area contributed by atoms with Crippen molar-refractivity contribution in [2.24, 2.45) is 0 Å². The van der Waals surface area contributed by atoms with Gasteiger partial charge in [0, 0.05) is 75.9 Å². The van der Waals surface area contributed by atoms with E-state index in [1.165, 1.54) is 0 Å². The van der Waals surface area contributed by atoms with Crippen molar-refractivity contribution in [1.29, 1.82) is 0 Å². The number of hydrogen-bond acceptors (Lipinski definition) is 0. The molecule has 0 radical (unpaired) electrons. The molecular formula is C85H51N7. The maximum atomic E-state index is 8.86. The lowest BCUT2D eigenvalue weighted by atomic mass is 9.94. The van der Waals surface area contributed by atoms with Crippen LogP contribution in [0.15, 0.2) is 309 Å². The third-order valence-corrected chi connectivity index (χ3v) is 19.6. The monoisotopic (exact) mass is 1170 g/mol. The lowest BCUT2D eigenvalue weighted by molar-refractivity contribution is 1.00. The second-order valence-corrected chi connectivity index (χ2v) is 24.2. The molecule has 7 nitrogen and oxygen atoms in total. The molecule has 0 fully saturated rings. The van der Waals surface area contributed by atoms with Crippen LogP contribution in [0, 0.1) is 6.57 Å². The van der Waals surface area contributed by atoms with Crippen molar-refractivity contribution in [2.75, 3.05) is 0 Å². The van der Waals surface area contributed by atoms with Gasteiger partial charge in [0.15, 0.2) is 5.69 Å². The van der Waals surface area contributed by atoms with E-state index in [0.29, 0.717) is 5.69 Å². The summed E-state index contributed by atoms with van der Waals surface area (Å²) in [7, 11) is 0. The highest BCUT2D eigenvalue weighted by atomic mass is 15.2. The molecular weight excluding hydrogens is 1120 g/mol. The molecule has 426 valence electrons. The summed E-state index contributed by atoms with van der Waals surface area (Å²) in [6.07, 6.45) is 0. The Bertz CT molecular complexity index is 6120. The van der Waals surface area contributed by atoms with E-state index in [9.17, 15) is 0 Å². The van der Waals surface area contributed by atoms with Gasteiger partial charge in [0.1, 0.15) is 0 Å². The van der Waals surface area contributed by atoms with Crippen molar-refractivity contribution in [3.05, 3.63) is 321 Å². The molecule has 0 saturated carbocycles. The first kappa shape index (κ1) is 50.4. The first-order valence-electron chi connectivity index (χ1n) is 31.4. The molecule has 92 heavy (non-hydrogen) atoms. The first-order chi connectivity index (χ1) is 45.7. The number of rotatable bonds is 7. The predicted molar refractivity (Wildman–Crippen MR) is 384 cm³/mol. The van der Waals surface area contributed by atoms with Crippen LogP contribution in [0.5, 0.6) is 0 Å². The van der Waals surface area contributed by atoms with E-state index in [0.717, 1.165) is 176 Å². The lowest BCUT2D eigenvalue weighted by Crippen LogP contribution is -2.18. The first-order valence-corrected chi connectivity index (χ1v) is 31.4. The third-order valence-electron chi connectivity index (χ3n) is 19.6. The molecule has 6 aromatic heterocycles. The number of para-hydroxylation sites is 11. The van der Waals surface area contributed by atoms with E-state index < -0.39 is 0 Å². The fourth-order valence-electron chi connectivity index (χ4n) is 16.0. The average molecular weight is 1170 g/mol. The maximum Gasteiger partial charge on any atom is 0.187 e. The quantitative estimate of drug-likeness (QED) is 0.143. The van der Waals surface area contributed by atoms with E-state index in [2.05, 4.69) is 336 Å². The van der Waals surface area contributed by atoms with Crippen LogP contribution in [-0.4, -0.2) is 27.4 Å². The van der Waals surface area contributed by atoms with E-state index in [1.807, 2.05) is 6.07 Å². The molecule has 0 aliphatic carbocycles. The van der Waals surface area contributed by atoms with Crippen LogP contribution < -0.4 is 0 Å². The topological polar surface area (TPSA) is 33.9 Å². The Morgan fingerprint density at radius 2 is 0.522 bits per heavy atom. The van der Waals surface area contributed by atoms with Crippen molar-refractivity contribution in [3.8, 4) is 45.3 Å². The van der Waals surface area contributed by atoms with Crippen molar-refractivity contribution in [1.82, 2.24) is 27.4 Å². The van der Waals surface area contributed by atoms with Crippen molar-refractivity contribution >= 4 is 137 Å². The highest BCUT2D eigenvalue weighted by Crippen LogP contribution is 2.55. The number of aromatic nitrogens is 6. The van der Waals surface area contributed by atoms with Crippen molar-refractivity contribution in [3.63, 3.8) is 0 Å². The smallest absolute Gasteiger partial charge is 0.187 e. The van der Waals surface area contributed by atoms with Gasteiger partial charge in [-0.15, -0.1) is 0 Å². The summed E-state index contributed by atoms with van der Waals surface area (Å²) in [4.78, 5) is 4.27. The highest BCUT2D eigenvalue weighted by Gasteiger charge is 2.37. The van der Waals surface area contributed by atoms with E-state index >= 15 is 0 Å². The van der Waals surface area contributed by atoms with Crippen LogP contribution >= 0.6 is 0 Å². The number of hydrogen-bond donors (Lipinski definition) is 0. The summed E-state index contributed by atoms with van der Waals surface area (Å²) in [6.45, 7) is 8.86. The average Bonchev–Trinajstić information content (AvgIpc) is 1.46. The van der Waals surface area contributed by atoms with Crippen LogP contribution in [0.3, 0.4) is 0 Å². The largest absolute Gasteiger partial charge is 0.309 e. The molecule has 20 rings (SSSR count). The van der Waals surface area contributed by atoms with E-state index in [-0.39, 0.29) is 0 Å². The SMILES string of the molecule is [C-]#[N+]c1cccc(-c2c(-n3c4ccccc4c4ccccc43)c(-n3c4ccccc4c4ccccc43)c(-n3c4ccccc4c4ccc5c(c6ccccc6n5-c5ccccc5)c43)c(-n3c4ccccc4c4ccccc43)c2-n2c3ccccc3c3ccccc32)c1. The van der Waals surface area contributed by atoms with Gasteiger partial charge in [-0.1, -0.05) is 224 Å². The second-order valence-electron chi connectivity index (χ2n) is 24.2. The Morgan fingerprint density at radius 3 is 0.902 bits per heavy atom.